The standard InChI is InChI=1S/C22H22N6OS/c1-16-20(21(29)24-14-18-10-6-12-23-13-18)30-22(25-16)28-15-19(26-27-28)11-5-9-17-7-3-2-4-8-17/h2-4,6-8,10,12-13,15H,5,9,11,14H2,1H3,(H,24,29). The van der Waals surface area contributed by atoms with Crippen molar-refractivity contribution in [1.29, 1.82) is 0 Å². The number of thiazole rings is 1. The van der Waals surface area contributed by atoms with Gasteiger partial charge in [-0.15, -0.1) is 5.10 Å². The minimum absolute atomic E-state index is 0.150. The predicted molar refractivity (Wildman–Crippen MR) is 116 cm³/mol. The number of nitrogens with zero attached hydrogens (tertiary/aromatic N) is 5. The molecule has 1 aromatic carbocycles. The van der Waals surface area contributed by atoms with Crippen molar-refractivity contribution >= 4 is 17.2 Å². The summed E-state index contributed by atoms with van der Waals surface area (Å²) >= 11 is 1.31. The van der Waals surface area contributed by atoms with Gasteiger partial charge in [-0.25, -0.2) is 4.98 Å². The van der Waals surface area contributed by atoms with Crippen molar-refractivity contribution in [3.05, 3.63) is 88.4 Å². The van der Waals surface area contributed by atoms with Crippen LogP contribution in [0.3, 0.4) is 0 Å². The van der Waals surface area contributed by atoms with E-state index in [1.165, 1.54) is 16.9 Å². The lowest BCUT2D eigenvalue weighted by molar-refractivity contribution is 0.0954. The molecule has 0 spiro atoms. The first kappa shape index (κ1) is 19.9. The zero-order valence-corrected chi connectivity index (χ0v) is 17.5. The smallest absolute Gasteiger partial charge is 0.263 e. The summed E-state index contributed by atoms with van der Waals surface area (Å²) in [4.78, 5) is 21.7. The van der Waals surface area contributed by atoms with E-state index in [0.29, 0.717) is 22.2 Å². The molecule has 0 fully saturated rings. The summed E-state index contributed by atoms with van der Waals surface area (Å²) in [6, 6.07) is 14.2. The normalized spacial score (nSPS) is 10.8. The van der Waals surface area contributed by atoms with Crippen LogP contribution in [0.25, 0.3) is 5.13 Å². The van der Waals surface area contributed by atoms with E-state index in [9.17, 15) is 4.79 Å². The van der Waals surface area contributed by atoms with Crippen LogP contribution in [0.4, 0.5) is 0 Å². The molecule has 4 rings (SSSR count). The molecule has 30 heavy (non-hydrogen) atoms. The van der Waals surface area contributed by atoms with Gasteiger partial charge in [0, 0.05) is 18.9 Å². The Labute approximate surface area is 178 Å². The highest BCUT2D eigenvalue weighted by Gasteiger charge is 2.17. The number of hydrogen-bond donors (Lipinski definition) is 1. The zero-order chi connectivity index (χ0) is 20.8. The Morgan fingerprint density at radius 2 is 1.93 bits per heavy atom. The molecule has 0 saturated carbocycles. The fourth-order valence-electron chi connectivity index (χ4n) is 3.08. The Hall–Kier alpha value is -3.39. The van der Waals surface area contributed by atoms with Gasteiger partial charge in [-0.2, -0.15) is 4.68 Å². The summed E-state index contributed by atoms with van der Waals surface area (Å²) in [5.41, 5.74) is 3.87. The van der Waals surface area contributed by atoms with Crippen molar-refractivity contribution < 1.29 is 4.79 Å². The quantitative estimate of drug-likeness (QED) is 0.473. The number of pyridine rings is 1. The summed E-state index contributed by atoms with van der Waals surface area (Å²) in [6.07, 6.45) is 8.18. The van der Waals surface area contributed by atoms with E-state index in [-0.39, 0.29) is 5.91 Å². The van der Waals surface area contributed by atoms with E-state index in [1.54, 1.807) is 17.1 Å². The molecule has 7 nitrogen and oxygen atoms in total. The summed E-state index contributed by atoms with van der Waals surface area (Å²) in [5, 5.41) is 12.0. The van der Waals surface area contributed by atoms with Gasteiger partial charge >= 0.3 is 0 Å². The summed E-state index contributed by atoms with van der Waals surface area (Å²) in [6.45, 7) is 2.25. The average Bonchev–Trinajstić information content (AvgIpc) is 3.40. The zero-order valence-electron chi connectivity index (χ0n) is 16.7. The van der Waals surface area contributed by atoms with Gasteiger partial charge < -0.3 is 5.32 Å². The lowest BCUT2D eigenvalue weighted by atomic mass is 10.1. The van der Waals surface area contributed by atoms with Crippen molar-refractivity contribution in [3.63, 3.8) is 0 Å². The Bertz CT molecular complexity index is 1110. The molecule has 152 valence electrons. The van der Waals surface area contributed by atoms with Gasteiger partial charge in [0.05, 0.1) is 17.6 Å². The number of aryl methyl sites for hydroxylation is 3. The average molecular weight is 419 g/mol. The van der Waals surface area contributed by atoms with Gasteiger partial charge in [-0.1, -0.05) is 52.9 Å². The highest BCUT2D eigenvalue weighted by Crippen LogP contribution is 2.21. The second kappa shape index (κ2) is 9.41. The number of amides is 1. The molecule has 8 heteroatoms. The molecular formula is C22H22N6OS. The second-order valence-corrected chi connectivity index (χ2v) is 7.93. The number of benzene rings is 1. The number of carbonyl (C=O) groups is 1. The van der Waals surface area contributed by atoms with Crippen LogP contribution in [0.2, 0.25) is 0 Å². The second-order valence-electron chi connectivity index (χ2n) is 6.95. The molecule has 1 N–H and O–H groups in total. The SMILES string of the molecule is Cc1nc(-n2cc(CCCc3ccccc3)nn2)sc1C(=O)NCc1cccnc1. The molecular weight excluding hydrogens is 396 g/mol. The molecule has 0 atom stereocenters. The number of hydrogen-bond acceptors (Lipinski definition) is 6. The fraction of sp³-hybridized carbons (Fsp3) is 0.227. The molecule has 0 saturated heterocycles. The highest BCUT2D eigenvalue weighted by molar-refractivity contribution is 7.16. The first-order valence-corrected chi connectivity index (χ1v) is 10.6. The van der Waals surface area contributed by atoms with Crippen molar-refractivity contribution in [2.45, 2.75) is 32.7 Å². The maximum Gasteiger partial charge on any atom is 0.263 e. The van der Waals surface area contributed by atoms with E-state index in [4.69, 9.17) is 0 Å². The van der Waals surface area contributed by atoms with Gasteiger partial charge in [0.15, 0.2) is 0 Å². The maximum absolute atomic E-state index is 12.6. The molecule has 0 aliphatic heterocycles. The van der Waals surface area contributed by atoms with Crippen molar-refractivity contribution in [2.75, 3.05) is 0 Å². The predicted octanol–water partition coefficient (Wildman–Crippen LogP) is 3.53. The van der Waals surface area contributed by atoms with Crippen molar-refractivity contribution in [1.82, 2.24) is 30.3 Å². The monoisotopic (exact) mass is 418 g/mol. The largest absolute Gasteiger partial charge is 0.347 e. The first-order chi connectivity index (χ1) is 14.7. The Balaban J connectivity index is 1.36. The van der Waals surface area contributed by atoms with Crippen molar-refractivity contribution in [2.24, 2.45) is 0 Å². The minimum Gasteiger partial charge on any atom is -0.347 e. The van der Waals surface area contributed by atoms with Crippen LogP contribution in [0.5, 0.6) is 0 Å². The lowest BCUT2D eigenvalue weighted by Gasteiger charge is -2.03. The van der Waals surface area contributed by atoms with E-state index < -0.39 is 0 Å². The van der Waals surface area contributed by atoms with E-state index in [0.717, 1.165) is 30.5 Å². The molecule has 3 aromatic heterocycles. The van der Waals surface area contributed by atoms with Gasteiger partial charge in [0.25, 0.3) is 5.91 Å². The molecule has 0 aliphatic carbocycles. The molecule has 0 aliphatic rings. The fourth-order valence-corrected chi connectivity index (χ4v) is 3.99. The van der Waals surface area contributed by atoms with Crippen LogP contribution in [-0.2, 0) is 19.4 Å². The molecule has 1 amide bonds. The summed E-state index contributed by atoms with van der Waals surface area (Å²) in [7, 11) is 0. The molecule has 3 heterocycles. The number of nitrogens with one attached hydrogen (secondary N) is 1. The third-order valence-electron chi connectivity index (χ3n) is 4.65. The number of carbonyl (C=O) groups excluding carboxylic acids is 1. The van der Waals surface area contributed by atoms with Crippen LogP contribution in [0.15, 0.2) is 61.1 Å². The van der Waals surface area contributed by atoms with Gasteiger partial charge in [0.1, 0.15) is 4.88 Å². The molecule has 0 unspecified atom stereocenters. The van der Waals surface area contributed by atoms with E-state index >= 15 is 0 Å². The number of rotatable bonds is 8. The third kappa shape index (κ3) is 4.96. The molecule has 0 radical (unpaired) electrons. The molecule has 4 aromatic rings. The molecule has 0 bridgehead atoms. The van der Waals surface area contributed by atoms with Crippen LogP contribution in [0, 0.1) is 6.92 Å². The van der Waals surface area contributed by atoms with Gasteiger partial charge in [0.2, 0.25) is 5.13 Å². The van der Waals surface area contributed by atoms with Crippen LogP contribution in [0.1, 0.15) is 38.6 Å². The van der Waals surface area contributed by atoms with E-state index in [1.807, 2.05) is 31.3 Å². The third-order valence-corrected chi connectivity index (χ3v) is 5.79. The highest BCUT2D eigenvalue weighted by atomic mass is 32.1. The van der Waals surface area contributed by atoms with Crippen LogP contribution < -0.4 is 5.32 Å². The maximum atomic E-state index is 12.6. The van der Waals surface area contributed by atoms with E-state index in [2.05, 4.69) is 49.9 Å². The Kier molecular flexibility index (Phi) is 6.24. The van der Waals surface area contributed by atoms with Gasteiger partial charge in [-0.3, -0.25) is 9.78 Å². The number of aromatic nitrogens is 5. The Morgan fingerprint density at radius 1 is 1.10 bits per heavy atom. The first-order valence-electron chi connectivity index (χ1n) is 9.79. The summed E-state index contributed by atoms with van der Waals surface area (Å²) in [5.74, 6) is -0.150. The Morgan fingerprint density at radius 3 is 2.73 bits per heavy atom. The van der Waals surface area contributed by atoms with Gasteiger partial charge in [-0.05, 0) is 43.4 Å². The minimum atomic E-state index is -0.150. The van der Waals surface area contributed by atoms with Crippen LogP contribution in [-0.4, -0.2) is 30.9 Å². The lowest BCUT2D eigenvalue weighted by Crippen LogP contribution is -2.22. The topological polar surface area (TPSA) is 85.6 Å². The summed E-state index contributed by atoms with van der Waals surface area (Å²) < 4.78 is 1.65. The van der Waals surface area contributed by atoms with Crippen LogP contribution >= 0.6 is 11.3 Å². The van der Waals surface area contributed by atoms with Crippen molar-refractivity contribution in [3.8, 4) is 5.13 Å².